The average Bonchev–Trinajstić information content (AvgIpc) is 2.86. The number of allylic oxidation sites excluding steroid dienone is 3. The van der Waals surface area contributed by atoms with Crippen LogP contribution >= 0.6 is 15.9 Å². The van der Waals surface area contributed by atoms with Gasteiger partial charge in [0.2, 0.25) is 0 Å². The lowest BCUT2D eigenvalue weighted by Crippen LogP contribution is -2.31. The molecule has 1 unspecified atom stereocenters. The third-order valence-electron chi connectivity index (χ3n) is 4.97. The van der Waals surface area contributed by atoms with E-state index >= 15 is 0 Å². The minimum atomic E-state index is -0.619. The number of nitrogens with one attached hydrogen (secondary N) is 1. The van der Waals surface area contributed by atoms with E-state index in [2.05, 4.69) is 34.4 Å². The molecule has 0 amide bonds. The first kappa shape index (κ1) is 29.9. The molecule has 2 aromatic rings. The second-order valence-corrected chi connectivity index (χ2v) is 8.54. The van der Waals surface area contributed by atoms with Crippen LogP contribution in [0.4, 0.5) is 5.69 Å². The first-order valence-corrected chi connectivity index (χ1v) is 12.6. The number of methoxy groups -OCH3 is 1. The van der Waals surface area contributed by atoms with Crippen LogP contribution in [0.15, 0.2) is 85.2 Å². The van der Waals surface area contributed by atoms with Gasteiger partial charge in [-0.25, -0.2) is 4.79 Å². The summed E-state index contributed by atoms with van der Waals surface area (Å²) in [4.78, 5) is 25.5. The number of anilines is 1. The molecule has 188 valence electrons. The van der Waals surface area contributed by atoms with E-state index < -0.39 is 6.04 Å². The van der Waals surface area contributed by atoms with Gasteiger partial charge in [0.05, 0.1) is 19.5 Å². The highest BCUT2D eigenvalue weighted by Gasteiger charge is 2.23. The maximum Gasteiger partial charge on any atom is 0.328 e. The molecule has 5 nitrogen and oxygen atoms in total. The molecular weight excluding hydrogens is 506 g/mol. The average molecular weight is 543 g/mol. The van der Waals surface area contributed by atoms with Gasteiger partial charge < -0.3 is 14.8 Å². The van der Waals surface area contributed by atoms with Crippen molar-refractivity contribution in [3.05, 3.63) is 102 Å². The van der Waals surface area contributed by atoms with Crippen molar-refractivity contribution < 1.29 is 19.1 Å². The molecule has 0 heterocycles. The lowest BCUT2D eigenvalue weighted by molar-refractivity contribution is -0.141. The number of ether oxygens (including phenoxy) is 2. The monoisotopic (exact) mass is 541 g/mol. The molecule has 6 heteroatoms. The fraction of sp³-hybridized carbons (Fsp3) is 0.310. The van der Waals surface area contributed by atoms with Crippen molar-refractivity contribution in [2.45, 2.75) is 39.7 Å². The van der Waals surface area contributed by atoms with Crippen molar-refractivity contribution in [2.24, 2.45) is 0 Å². The number of rotatable bonds is 12. The highest BCUT2D eigenvalue weighted by atomic mass is 79.9. The Hall–Kier alpha value is -3.12. The van der Waals surface area contributed by atoms with Crippen LogP contribution in [0.2, 0.25) is 0 Å². The number of carbonyl (C=O) groups excluding carboxylic acids is 2. The summed E-state index contributed by atoms with van der Waals surface area (Å²) in [5.74, 6) is 0.305. The largest absolute Gasteiger partial charge is 0.498 e. The standard InChI is InChI=1S/C24H27NO3.C5H9BrO/c1-5-11-18(6-2)16-22(24(27)28-4)25-21-15-10-9-14-20(21)23(26)19-13-8-7-12-17(19)3;1-5(2)7-4-3-6/h6-15,22,25H,2,5,16H2,1,3-4H3;1,3-4H2,2H3/b18-11+;. The predicted octanol–water partition coefficient (Wildman–Crippen LogP) is 7.02. The fourth-order valence-corrected chi connectivity index (χ4v) is 3.43. The van der Waals surface area contributed by atoms with E-state index in [1.165, 1.54) is 7.11 Å². The Morgan fingerprint density at radius 1 is 1.11 bits per heavy atom. The van der Waals surface area contributed by atoms with Crippen LogP contribution in [0.25, 0.3) is 0 Å². The molecule has 2 rings (SSSR count). The van der Waals surface area contributed by atoms with E-state index in [1.807, 2.05) is 63.2 Å². The van der Waals surface area contributed by atoms with Gasteiger partial charge in [-0.05, 0) is 43.5 Å². The Kier molecular flexibility index (Phi) is 14.1. The zero-order chi connectivity index (χ0) is 26.2. The summed E-state index contributed by atoms with van der Waals surface area (Å²) in [7, 11) is 1.36. The number of hydrogen-bond acceptors (Lipinski definition) is 5. The molecule has 2 aromatic carbocycles. The summed E-state index contributed by atoms with van der Waals surface area (Å²) < 4.78 is 9.91. The molecular formula is C29H36BrNO4. The van der Waals surface area contributed by atoms with E-state index in [0.717, 1.165) is 35.3 Å². The Morgan fingerprint density at radius 3 is 2.26 bits per heavy atom. The van der Waals surface area contributed by atoms with Crippen molar-refractivity contribution in [3.8, 4) is 0 Å². The van der Waals surface area contributed by atoms with Crippen LogP contribution < -0.4 is 5.32 Å². The fourth-order valence-electron chi connectivity index (χ4n) is 3.26. The van der Waals surface area contributed by atoms with Crippen molar-refractivity contribution >= 4 is 33.4 Å². The second-order valence-electron chi connectivity index (χ2n) is 7.74. The van der Waals surface area contributed by atoms with Crippen LogP contribution in [0.5, 0.6) is 0 Å². The SMILES string of the molecule is C=C(C)OCCBr.C=C/C(=C\CC)CC(Nc1ccccc1C(=O)c1ccccc1C)C(=O)OC. The number of hydrogen-bond donors (Lipinski definition) is 1. The van der Waals surface area contributed by atoms with Gasteiger partial charge in [0.1, 0.15) is 6.04 Å². The molecule has 0 saturated carbocycles. The zero-order valence-corrected chi connectivity index (χ0v) is 22.7. The molecule has 0 aliphatic carbocycles. The van der Waals surface area contributed by atoms with Crippen LogP contribution in [0.1, 0.15) is 48.2 Å². The molecule has 0 saturated heterocycles. The molecule has 0 fully saturated rings. The van der Waals surface area contributed by atoms with Crippen LogP contribution in [-0.4, -0.2) is 36.8 Å². The number of aryl methyl sites for hydroxylation is 1. The summed E-state index contributed by atoms with van der Waals surface area (Å²) >= 11 is 3.21. The van der Waals surface area contributed by atoms with Gasteiger partial charge in [-0.1, -0.05) is 84.6 Å². The Labute approximate surface area is 218 Å². The smallest absolute Gasteiger partial charge is 0.328 e. The summed E-state index contributed by atoms with van der Waals surface area (Å²) in [6.07, 6.45) is 5.04. The molecule has 1 N–H and O–H groups in total. The summed E-state index contributed by atoms with van der Waals surface area (Å²) in [6.45, 7) is 13.9. The Bertz CT molecular complexity index is 1030. The van der Waals surface area contributed by atoms with Crippen LogP contribution in [0, 0.1) is 6.92 Å². The second kappa shape index (κ2) is 16.5. The van der Waals surface area contributed by atoms with Gasteiger partial charge >= 0.3 is 5.97 Å². The van der Waals surface area contributed by atoms with E-state index in [4.69, 9.17) is 9.47 Å². The van der Waals surface area contributed by atoms with Gasteiger partial charge in [-0.2, -0.15) is 0 Å². The number of halogens is 1. The highest BCUT2D eigenvalue weighted by molar-refractivity contribution is 9.09. The summed E-state index contributed by atoms with van der Waals surface area (Å²) in [6, 6.07) is 14.1. The van der Waals surface area contributed by atoms with Crippen LogP contribution in [0.3, 0.4) is 0 Å². The number of esters is 1. The Balaban J connectivity index is 0.000000762. The van der Waals surface area contributed by atoms with Gasteiger partial charge in [0.15, 0.2) is 5.78 Å². The zero-order valence-electron chi connectivity index (χ0n) is 21.1. The summed E-state index contributed by atoms with van der Waals surface area (Å²) in [5.41, 5.74) is 3.63. The maximum atomic E-state index is 13.1. The molecule has 0 spiro atoms. The van der Waals surface area contributed by atoms with Gasteiger partial charge in [0, 0.05) is 28.6 Å². The first-order valence-electron chi connectivity index (χ1n) is 11.5. The summed E-state index contributed by atoms with van der Waals surface area (Å²) in [5, 5.41) is 4.08. The third kappa shape index (κ3) is 10.4. The molecule has 0 bridgehead atoms. The minimum Gasteiger partial charge on any atom is -0.498 e. The highest BCUT2D eigenvalue weighted by Crippen LogP contribution is 2.23. The van der Waals surface area contributed by atoms with E-state index in [0.29, 0.717) is 23.2 Å². The molecule has 0 aliphatic rings. The normalized spacial score (nSPS) is 11.4. The van der Waals surface area contributed by atoms with Gasteiger partial charge in [-0.15, -0.1) is 0 Å². The van der Waals surface area contributed by atoms with Crippen molar-refractivity contribution in [1.82, 2.24) is 0 Å². The van der Waals surface area contributed by atoms with E-state index in [9.17, 15) is 9.59 Å². The van der Waals surface area contributed by atoms with E-state index in [1.54, 1.807) is 18.2 Å². The Morgan fingerprint density at radius 2 is 1.74 bits per heavy atom. The molecule has 0 aromatic heterocycles. The minimum absolute atomic E-state index is 0.0853. The van der Waals surface area contributed by atoms with Crippen molar-refractivity contribution in [1.29, 1.82) is 0 Å². The number of benzene rings is 2. The van der Waals surface area contributed by atoms with Gasteiger partial charge in [-0.3, -0.25) is 4.79 Å². The number of ketones is 1. The molecule has 1 atom stereocenters. The topological polar surface area (TPSA) is 64.6 Å². The third-order valence-corrected chi connectivity index (χ3v) is 5.29. The van der Waals surface area contributed by atoms with Crippen molar-refractivity contribution in [2.75, 3.05) is 24.4 Å². The number of alkyl halides is 1. The number of carbonyl (C=O) groups is 2. The lowest BCUT2D eigenvalue weighted by Gasteiger charge is -2.20. The maximum absolute atomic E-state index is 13.1. The molecule has 35 heavy (non-hydrogen) atoms. The van der Waals surface area contributed by atoms with Gasteiger partial charge in [0.25, 0.3) is 0 Å². The molecule has 0 radical (unpaired) electrons. The van der Waals surface area contributed by atoms with E-state index in [-0.39, 0.29) is 11.8 Å². The van der Waals surface area contributed by atoms with Crippen molar-refractivity contribution in [3.63, 3.8) is 0 Å². The molecule has 0 aliphatic heterocycles. The predicted molar refractivity (Wildman–Crippen MR) is 148 cm³/mol. The van der Waals surface area contributed by atoms with Crippen LogP contribution in [-0.2, 0) is 14.3 Å². The first-order chi connectivity index (χ1) is 16.8. The lowest BCUT2D eigenvalue weighted by atomic mass is 9.97. The number of para-hydroxylation sites is 1. The quantitative estimate of drug-likeness (QED) is 0.103.